The molecule has 0 bridgehead atoms. The quantitative estimate of drug-likeness (QED) is 0.907. The van der Waals surface area contributed by atoms with E-state index >= 15 is 0 Å². The molecule has 3 atom stereocenters. The van der Waals surface area contributed by atoms with Crippen molar-refractivity contribution in [3.05, 3.63) is 65.2 Å². The van der Waals surface area contributed by atoms with Crippen molar-refractivity contribution in [3.63, 3.8) is 0 Å². The largest absolute Gasteiger partial charge is 0.492 e. The van der Waals surface area contributed by atoms with Gasteiger partial charge in [0.25, 0.3) is 0 Å². The minimum atomic E-state index is -0.609. The summed E-state index contributed by atoms with van der Waals surface area (Å²) in [6.45, 7) is 3.67. The number of rotatable bonds is 5. The van der Waals surface area contributed by atoms with E-state index in [1.807, 2.05) is 44.2 Å². The number of hydrogen-bond donors (Lipinski definition) is 1. The molecular formula is C21H28N2O2. The summed E-state index contributed by atoms with van der Waals surface area (Å²) in [6, 6.07) is 16.9. The van der Waals surface area contributed by atoms with Crippen LogP contribution in [0.4, 0.5) is 0 Å². The van der Waals surface area contributed by atoms with E-state index in [0.717, 1.165) is 17.9 Å². The minimum Gasteiger partial charge on any atom is -0.492 e. The Bertz CT molecular complexity index is 702. The second kappa shape index (κ2) is 7.56. The molecule has 0 saturated heterocycles. The Morgan fingerprint density at radius 3 is 2.48 bits per heavy atom. The van der Waals surface area contributed by atoms with Gasteiger partial charge < -0.3 is 14.7 Å². The van der Waals surface area contributed by atoms with Gasteiger partial charge in [0.05, 0.1) is 0 Å². The molecule has 4 heteroatoms. The van der Waals surface area contributed by atoms with Crippen molar-refractivity contribution in [2.45, 2.75) is 25.1 Å². The van der Waals surface area contributed by atoms with E-state index in [1.165, 1.54) is 11.1 Å². The van der Waals surface area contributed by atoms with Gasteiger partial charge in [0.2, 0.25) is 0 Å². The average molecular weight is 340 g/mol. The first-order valence-electron chi connectivity index (χ1n) is 8.85. The molecular weight excluding hydrogens is 312 g/mol. The fourth-order valence-corrected chi connectivity index (χ4v) is 3.55. The summed E-state index contributed by atoms with van der Waals surface area (Å²) in [5.74, 6) is 1.05. The molecule has 134 valence electrons. The highest BCUT2D eigenvalue weighted by Gasteiger charge is 2.36. The standard InChI is InChI=1S/C21H28N2O2/c1-15-20(16-8-6-5-7-9-16)18-11-10-17(25-13-12-22(2)3)14-19(18)21(24)23(15)4/h5-11,14-15,20-21,24H,12-13H2,1-4H3. The summed E-state index contributed by atoms with van der Waals surface area (Å²) in [5, 5.41) is 10.8. The first kappa shape index (κ1) is 17.9. The molecule has 2 aromatic carbocycles. The molecule has 0 radical (unpaired) electrons. The van der Waals surface area contributed by atoms with Crippen LogP contribution in [0, 0.1) is 0 Å². The number of benzene rings is 2. The topological polar surface area (TPSA) is 35.9 Å². The fourth-order valence-electron chi connectivity index (χ4n) is 3.55. The first-order valence-corrected chi connectivity index (χ1v) is 8.85. The van der Waals surface area contributed by atoms with E-state index in [-0.39, 0.29) is 12.0 Å². The maximum absolute atomic E-state index is 10.8. The molecule has 0 aliphatic carbocycles. The summed E-state index contributed by atoms with van der Waals surface area (Å²) >= 11 is 0. The molecule has 1 aliphatic heterocycles. The summed E-state index contributed by atoms with van der Waals surface area (Å²) in [5.41, 5.74) is 3.40. The van der Waals surface area contributed by atoms with Crippen LogP contribution >= 0.6 is 0 Å². The van der Waals surface area contributed by atoms with Crippen LogP contribution in [0.15, 0.2) is 48.5 Å². The van der Waals surface area contributed by atoms with Gasteiger partial charge in [0.1, 0.15) is 18.6 Å². The number of nitrogens with zero attached hydrogens (tertiary/aromatic N) is 2. The Morgan fingerprint density at radius 2 is 1.80 bits per heavy atom. The second-order valence-electron chi connectivity index (χ2n) is 7.11. The van der Waals surface area contributed by atoms with Crippen LogP contribution in [-0.4, -0.2) is 55.2 Å². The molecule has 0 aromatic heterocycles. The highest BCUT2D eigenvalue weighted by molar-refractivity contribution is 5.46. The Balaban J connectivity index is 1.94. The monoisotopic (exact) mass is 340 g/mol. The van der Waals surface area contributed by atoms with Gasteiger partial charge in [0, 0.05) is 24.1 Å². The fraction of sp³-hybridized carbons (Fsp3) is 0.429. The second-order valence-corrected chi connectivity index (χ2v) is 7.11. The highest BCUT2D eigenvalue weighted by atomic mass is 16.5. The third-order valence-corrected chi connectivity index (χ3v) is 5.15. The van der Waals surface area contributed by atoms with Gasteiger partial charge in [-0.3, -0.25) is 4.90 Å². The molecule has 3 unspecified atom stereocenters. The SMILES string of the molecule is CC1C(c2ccccc2)c2ccc(OCCN(C)C)cc2C(O)N1C. The molecule has 0 fully saturated rings. The Hall–Kier alpha value is -1.88. The number of fused-ring (bicyclic) bond motifs is 1. The molecule has 1 heterocycles. The van der Waals surface area contributed by atoms with Crippen molar-refractivity contribution < 1.29 is 9.84 Å². The van der Waals surface area contributed by atoms with Gasteiger partial charge in [-0.1, -0.05) is 36.4 Å². The molecule has 1 N–H and O–H groups in total. The number of aliphatic hydroxyl groups is 1. The third kappa shape index (κ3) is 3.71. The molecule has 3 rings (SSSR count). The van der Waals surface area contributed by atoms with Crippen LogP contribution in [0.1, 0.15) is 35.8 Å². The van der Waals surface area contributed by atoms with E-state index < -0.39 is 6.23 Å². The smallest absolute Gasteiger partial charge is 0.134 e. The Morgan fingerprint density at radius 1 is 1.08 bits per heavy atom. The maximum Gasteiger partial charge on any atom is 0.134 e. The zero-order valence-electron chi connectivity index (χ0n) is 15.5. The first-order chi connectivity index (χ1) is 12.0. The zero-order chi connectivity index (χ0) is 18.0. The lowest BCUT2D eigenvalue weighted by atomic mass is 9.79. The number of ether oxygens (including phenoxy) is 1. The van der Waals surface area contributed by atoms with Crippen molar-refractivity contribution in [3.8, 4) is 5.75 Å². The van der Waals surface area contributed by atoms with Gasteiger partial charge in [-0.05, 0) is 51.3 Å². The average Bonchev–Trinajstić information content (AvgIpc) is 2.61. The summed E-state index contributed by atoms with van der Waals surface area (Å²) in [6.07, 6.45) is -0.609. The van der Waals surface area contributed by atoms with Gasteiger partial charge in [0.15, 0.2) is 0 Å². The molecule has 1 aliphatic rings. The molecule has 0 spiro atoms. The number of hydrogen-bond acceptors (Lipinski definition) is 4. The van der Waals surface area contributed by atoms with Crippen molar-refractivity contribution in [1.82, 2.24) is 9.80 Å². The lowest BCUT2D eigenvalue weighted by Gasteiger charge is -2.42. The highest BCUT2D eigenvalue weighted by Crippen LogP contribution is 2.42. The number of likely N-dealkylation sites (N-methyl/N-ethyl adjacent to an activating group) is 2. The molecule has 0 saturated carbocycles. The van der Waals surface area contributed by atoms with Crippen LogP contribution in [0.25, 0.3) is 0 Å². The maximum atomic E-state index is 10.8. The molecule has 0 amide bonds. The van der Waals surface area contributed by atoms with E-state index in [0.29, 0.717) is 6.61 Å². The number of aliphatic hydroxyl groups excluding tert-OH is 1. The van der Waals surface area contributed by atoms with Crippen molar-refractivity contribution >= 4 is 0 Å². The van der Waals surface area contributed by atoms with Gasteiger partial charge >= 0.3 is 0 Å². The lowest BCUT2D eigenvalue weighted by Crippen LogP contribution is -2.42. The summed E-state index contributed by atoms with van der Waals surface area (Å²) in [7, 11) is 6.04. The zero-order valence-corrected chi connectivity index (χ0v) is 15.5. The van der Waals surface area contributed by atoms with E-state index in [1.54, 1.807) is 0 Å². The van der Waals surface area contributed by atoms with Gasteiger partial charge in [-0.15, -0.1) is 0 Å². The summed E-state index contributed by atoms with van der Waals surface area (Å²) in [4.78, 5) is 4.12. The van der Waals surface area contributed by atoms with Crippen molar-refractivity contribution in [2.24, 2.45) is 0 Å². The molecule has 2 aromatic rings. The van der Waals surface area contributed by atoms with Crippen LogP contribution in [-0.2, 0) is 0 Å². The lowest BCUT2D eigenvalue weighted by molar-refractivity contribution is -0.0192. The third-order valence-electron chi connectivity index (χ3n) is 5.15. The molecule has 25 heavy (non-hydrogen) atoms. The molecule has 4 nitrogen and oxygen atoms in total. The van der Waals surface area contributed by atoms with Gasteiger partial charge in [-0.2, -0.15) is 0 Å². The van der Waals surface area contributed by atoms with Crippen LogP contribution < -0.4 is 4.74 Å². The van der Waals surface area contributed by atoms with Crippen molar-refractivity contribution in [1.29, 1.82) is 0 Å². The minimum absolute atomic E-state index is 0.213. The Labute approximate surface area is 150 Å². The van der Waals surface area contributed by atoms with Crippen LogP contribution in [0.2, 0.25) is 0 Å². The predicted octanol–water partition coefficient (Wildman–Crippen LogP) is 3.08. The van der Waals surface area contributed by atoms with Crippen LogP contribution in [0.3, 0.4) is 0 Å². The van der Waals surface area contributed by atoms with E-state index in [2.05, 4.69) is 42.2 Å². The van der Waals surface area contributed by atoms with E-state index in [4.69, 9.17) is 4.74 Å². The van der Waals surface area contributed by atoms with Crippen LogP contribution in [0.5, 0.6) is 5.75 Å². The summed E-state index contributed by atoms with van der Waals surface area (Å²) < 4.78 is 5.86. The predicted molar refractivity (Wildman–Crippen MR) is 101 cm³/mol. The van der Waals surface area contributed by atoms with Crippen molar-refractivity contribution in [2.75, 3.05) is 34.3 Å². The normalized spacial score (nSPS) is 23.5. The van der Waals surface area contributed by atoms with E-state index in [9.17, 15) is 5.11 Å². The Kier molecular flexibility index (Phi) is 5.42. The van der Waals surface area contributed by atoms with Gasteiger partial charge in [-0.25, -0.2) is 0 Å².